The van der Waals surface area contributed by atoms with Crippen molar-refractivity contribution in [3.8, 4) is 0 Å². The minimum Gasteiger partial charge on any atom is -0.469 e. The van der Waals surface area contributed by atoms with Crippen LogP contribution in [0, 0.1) is 0 Å². The second-order valence-corrected chi connectivity index (χ2v) is 3.62. The maximum Gasteiger partial charge on any atom is 0.313 e. The highest BCUT2D eigenvalue weighted by Gasteiger charge is 2.19. The predicted molar refractivity (Wildman–Crippen MR) is 51.1 cm³/mol. The molecule has 3 nitrogen and oxygen atoms in total. The zero-order chi connectivity index (χ0) is 9.97. The van der Waals surface area contributed by atoms with Gasteiger partial charge in [-0.2, -0.15) is 0 Å². The van der Waals surface area contributed by atoms with E-state index in [1.165, 1.54) is 31.1 Å². The van der Waals surface area contributed by atoms with Crippen molar-refractivity contribution in [2.45, 2.75) is 32.1 Å². The van der Waals surface area contributed by atoms with Crippen LogP contribution < -0.4 is 0 Å². The first-order chi connectivity index (χ1) is 6.81. The molecule has 1 heterocycles. The van der Waals surface area contributed by atoms with Gasteiger partial charge in [-0.15, -0.1) is 0 Å². The van der Waals surface area contributed by atoms with Gasteiger partial charge in [0.25, 0.3) is 0 Å². The molecule has 1 aliphatic carbocycles. The molecule has 0 aliphatic heterocycles. The number of carbonyl (C=O) groups excluding carboxylic acids is 1. The zero-order valence-electron chi connectivity index (χ0n) is 8.34. The second-order valence-electron chi connectivity index (χ2n) is 3.62. The highest BCUT2D eigenvalue weighted by atomic mass is 16.5. The lowest BCUT2D eigenvalue weighted by Gasteiger charge is -2.10. The van der Waals surface area contributed by atoms with E-state index in [4.69, 9.17) is 4.42 Å². The molecule has 76 valence electrons. The average Bonchev–Trinajstić information content (AvgIpc) is 2.62. The topological polar surface area (TPSA) is 39.4 Å². The fraction of sp³-hybridized carbons (Fsp3) is 0.545. The van der Waals surface area contributed by atoms with Crippen LogP contribution >= 0.6 is 0 Å². The second kappa shape index (κ2) is 3.86. The number of furan rings is 1. The SMILES string of the molecule is COC(=O)Cc1occ2c1CCCC2. The van der Waals surface area contributed by atoms with E-state index in [0.717, 1.165) is 18.6 Å². The van der Waals surface area contributed by atoms with E-state index in [2.05, 4.69) is 4.74 Å². The van der Waals surface area contributed by atoms with Crippen LogP contribution in [-0.4, -0.2) is 13.1 Å². The summed E-state index contributed by atoms with van der Waals surface area (Å²) in [5.74, 6) is 0.569. The number of rotatable bonds is 2. The summed E-state index contributed by atoms with van der Waals surface area (Å²) in [7, 11) is 1.40. The van der Waals surface area contributed by atoms with Crippen LogP contribution in [0.25, 0.3) is 0 Å². The van der Waals surface area contributed by atoms with Gasteiger partial charge < -0.3 is 9.15 Å². The molecule has 1 aromatic rings. The summed E-state index contributed by atoms with van der Waals surface area (Å²) in [5, 5.41) is 0. The highest BCUT2D eigenvalue weighted by molar-refractivity contribution is 5.72. The van der Waals surface area contributed by atoms with E-state index >= 15 is 0 Å². The average molecular weight is 194 g/mol. The smallest absolute Gasteiger partial charge is 0.313 e. The molecule has 1 aliphatic rings. The number of ether oxygens (including phenoxy) is 1. The van der Waals surface area contributed by atoms with Crippen molar-refractivity contribution in [2.24, 2.45) is 0 Å². The van der Waals surface area contributed by atoms with E-state index in [1.54, 1.807) is 6.26 Å². The van der Waals surface area contributed by atoms with E-state index in [0.29, 0.717) is 0 Å². The molecule has 0 unspecified atom stereocenters. The van der Waals surface area contributed by atoms with Gasteiger partial charge in [-0.25, -0.2) is 0 Å². The summed E-state index contributed by atoms with van der Waals surface area (Å²) >= 11 is 0. The van der Waals surface area contributed by atoms with Crippen molar-refractivity contribution in [3.05, 3.63) is 23.2 Å². The summed E-state index contributed by atoms with van der Waals surface area (Å²) in [5.41, 5.74) is 2.51. The van der Waals surface area contributed by atoms with Gasteiger partial charge in [0.2, 0.25) is 0 Å². The summed E-state index contributed by atoms with van der Waals surface area (Å²) in [6.07, 6.45) is 6.60. The summed E-state index contributed by atoms with van der Waals surface area (Å²) in [6.45, 7) is 0. The standard InChI is InChI=1S/C11H14O3/c1-13-11(12)6-10-9-5-3-2-4-8(9)7-14-10/h7H,2-6H2,1H3. The van der Waals surface area contributed by atoms with Crippen LogP contribution in [0.4, 0.5) is 0 Å². The van der Waals surface area contributed by atoms with Crippen LogP contribution in [0.5, 0.6) is 0 Å². The quantitative estimate of drug-likeness (QED) is 0.675. The molecule has 0 saturated heterocycles. The Kier molecular flexibility index (Phi) is 2.57. The Morgan fingerprint density at radius 3 is 3.07 bits per heavy atom. The van der Waals surface area contributed by atoms with Crippen molar-refractivity contribution in [2.75, 3.05) is 7.11 Å². The number of hydrogen-bond acceptors (Lipinski definition) is 3. The van der Waals surface area contributed by atoms with Crippen molar-refractivity contribution in [1.82, 2.24) is 0 Å². The molecular weight excluding hydrogens is 180 g/mol. The normalized spacial score (nSPS) is 14.9. The van der Waals surface area contributed by atoms with E-state index in [1.807, 2.05) is 0 Å². The van der Waals surface area contributed by atoms with Gasteiger partial charge in [-0.1, -0.05) is 0 Å². The van der Waals surface area contributed by atoms with E-state index < -0.39 is 0 Å². The van der Waals surface area contributed by atoms with Gasteiger partial charge >= 0.3 is 5.97 Å². The molecule has 0 saturated carbocycles. The largest absolute Gasteiger partial charge is 0.469 e. The van der Waals surface area contributed by atoms with Crippen LogP contribution in [0.15, 0.2) is 10.7 Å². The number of hydrogen-bond donors (Lipinski definition) is 0. The molecule has 0 bridgehead atoms. The van der Waals surface area contributed by atoms with Crippen LogP contribution in [0.2, 0.25) is 0 Å². The maximum absolute atomic E-state index is 11.1. The Morgan fingerprint density at radius 2 is 2.29 bits per heavy atom. The number of aryl methyl sites for hydroxylation is 1. The molecular formula is C11H14O3. The lowest BCUT2D eigenvalue weighted by molar-refractivity contribution is -0.140. The summed E-state index contributed by atoms with van der Waals surface area (Å²) in [4.78, 5) is 11.1. The first kappa shape index (κ1) is 9.31. The molecule has 0 fully saturated rings. The summed E-state index contributed by atoms with van der Waals surface area (Å²) < 4.78 is 10.0. The van der Waals surface area contributed by atoms with Crippen molar-refractivity contribution in [1.29, 1.82) is 0 Å². The minimum absolute atomic E-state index is 0.229. The third-order valence-corrected chi connectivity index (χ3v) is 2.72. The van der Waals surface area contributed by atoms with E-state index in [9.17, 15) is 4.79 Å². The van der Waals surface area contributed by atoms with Gasteiger partial charge in [-0.05, 0) is 36.8 Å². The number of fused-ring (bicyclic) bond motifs is 1. The molecule has 0 aromatic carbocycles. The van der Waals surface area contributed by atoms with Gasteiger partial charge in [0, 0.05) is 0 Å². The van der Waals surface area contributed by atoms with Gasteiger partial charge in [0.05, 0.1) is 13.4 Å². The molecule has 3 heteroatoms. The van der Waals surface area contributed by atoms with Crippen LogP contribution in [0.3, 0.4) is 0 Å². The van der Waals surface area contributed by atoms with Crippen molar-refractivity contribution in [3.63, 3.8) is 0 Å². The molecule has 0 N–H and O–H groups in total. The van der Waals surface area contributed by atoms with Crippen molar-refractivity contribution < 1.29 is 13.9 Å². The minimum atomic E-state index is -0.229. The third-order valence-electron chi connectivity index (χ3n) is 2.72. The Labute approximate surface area is 83.0 Å². The predicted octanol–water partition coefficient (Wildman–Crippen LogP) is 1.87. The molecule has 2 rings (SSSR count). The van der Waals surface area contributed by atoms with Crippen LogP contribution in [-0.2, 0) is 28.8 Å². The highest BCUT2D eigenvalue weighted by Crippen LogP contribution is 2.26. The zero-order valence-corrected chi connectivity index (χ0v) is 8.34. The Bertz CT molecular complexity index is 338. The molecule has 0 radical (unpaired) electrons. The molecule has 0 amide bonds. The summed E-state index contributed by atoms with van der Waals surface area (Å²) in [6, 6.07) is 0. The fourth-order valence-electron chi connectivity index (χ4n) is 1.94. The van der Waals surface area contributed by atoms with E-state index in [-0.39, 0.29) is 12.4 Å². The molecule has 1 aromatic heterocycles. The molecule has 14 heavy (non-hydrogen) atoms. The van der Waals surface area contributed by atoms with Crippen LogP contribution in [0.1, 0.15) is 29.7 Å². The number of esters is 1. The first-order valence-electron chi connectivity index (χ1n) is 4.96. The number of methoxy groups -OCH3 is 1. The lowest BCUT2D eigenvalue weighted by Crippen LogP contribution is -2.07. The van der Waals surface area contributed by atoms with Gasteiger partial charge in [-0.3, -0.25) is 4.79 Å². The van der Waals surface area contributed by atoms with Gasteiger partial charge in [0.1, 0.15) is 12.2 Å². The Hall–Kier alpha value is -1.25. The maximum atomic E-state index is 11.1. The lowest BCUT2D eigenvalue weighted by atomic mass is 9.93. The fourth-order valence-corrected chi connectivity index (χ4v) is 1.94. The first-order valence-corrected chi connectivity index (χ1v) is 4.96. The number of carbonyl (C=O) groups is 1. The third kappa shape index (κ3) is 1.67. The Morgan fingerprint density at radius 1 is 1.50 bits per heavy atom. The van der Waals surface area contributed by atoms with Crippen molar-refractivity contribution >= 4 is 5.97 Å². The molecule has 0 atom stereocenters. The molecule has 0 spiro atoms. The van der Waals surface area contributed by atoms with Gasteiger partial charge in [0.15, 0.2) is 0 Å². The monoisotopic (exact) mass is 194 g/mol. The Balaban J connectivity index is 2.18.